The normalized spacial score (nSPS) is 11.4. The molecule has 0 saturated carbocycles. The first-order valence-electron chi connectivity index (χ1n) is 7.42. The smallest absolute Gasteiger partial charge is 0.319 e. The van der Waals surface area contributed by atoms with E-state index in [9.17, 15) is 9.18 Å². The van der Waals surface area contributed by atoms with Crippen molar-refractivity contribution < 1.29 is 13.9 Å². The van der Waals surface area contributed by atoms with Gasteiger partial charge in [-0.2, -0.15) is 5.10 Å². The molecule has 0 aliphatic rings. The van der Waals surface area contributed by atoms with Crippen LogP contribution in [-0.4, -0.2) is 28.9 Å². The van der Waals surface area contributed by atoms with Crippen LogP contribution in [-0.2, 0) is 6.42 Å². The van der Waals surface area contributed by atoms with E-state index in [0.29, 0.717) is 12.2 Å². The molecule has 7 heteroatoms. The fourth-order valence-corrected chi connectivity index (χ4v) is 2.17. The lowest BCUT2D eigenvalue weighted by Gasteiger charge is -2.15. The van der Waals surface area contributed by atoms with E-state index in [1.807, 2.05) is 19.9 Å². The minimum absolute atomic E-state index is 0.0246. The summed E-state index contributed by atoms with van der Waals surface area (Å²) < 4.78 is 18.7. The van der Waals surface area contributed by atoms with Gasteiger partial charge in [0.25, 0.3) is 0 Å². The number of rotatable bonds is 6. The molecule has 0 unspecified atom stereocenters. The Labute approximate surface area is 139 Å². The number of halogens is 1. The third kappa shape index (κ3) is 5.02. The Kier molecular flexibility index (Phi) is 5.79. The van der Waals surface area contributed by atoms with Gasteiger partial charge in [-0.1, -0.05) is 5.92 Å². The van der Waals surface area contributed by atoms with Crippen LogP contribution in [0.3, 0.4) is 0 Å². The summed E-state index contributed by atoms with van der Waals surface area (Å²) in [7, 11) is 0. The van der Waals surface area contributed by atoms with Crippen molar-refractivity contribution in [1.29, 1.82) is 0 Å². The zero-order valence-corrected chi connectivity index (χ0v) is 13.5. The summed E-state index contributed by atoms with van der Waals surface area (Å²) in [5.41, 5.74) is 2.02. The van der Waals surface area contributed by atoms with Crippen LogP contribution >= 0.6 is 0 Å². The highest BCUT2D eigenvalue weighted by atomic mass is 19.1. The fraction of sp³-hybridized carbons (Fsp3) is 0.294. The van der Waals surface area contributed by atoms with Crippen molar-refractivity contribution in [3.05, 3.63) is 41.5 Å². The van der Waals surface area contributed by atoms with Crippen LogP contribution in [0, 0.1) is 25.1 Å². The fourth-order valence-electron chi connectivity index (χ4n) is 2.17. The summed E-state index contributed by atoms with van der Waals surface area (Å²) in [5.74, 6) is 2.14. The molecule has 0 saturated heterocycles. The number of anilines is 1. The Balaban J connectivity index is 1.96. The highest BCUT2D eigenvalue weighted by Crippen LogP contribution is 2.25. The average molecular weight is 330 g/mol. The van der Waals surface area contributed by atoms with Crippen molar-refractivity contribution in [3.63, 3.8) is 0 Å². The SMILES string of the molecule is C#CCOc1ccc(F)cc1NC(=O)N[C@@H](C)Cc1cc(C)[nH]n1. The number of H-pyrrole nitrogens is 1. The zero-order chi connectivity index (χ0) is 17.5. The van der Waals surface area contributed by atoms with Gasteiger partial charge in [0.1, 0.15) is 18.2 Å². The van der Waals surface area contributed by atoms with Crippen LogP contribution in [0.4, 0.5) is 14.9 Å². The number of carbonyl (C=O) groups is 1. The molecule has 2 aromatic rings. The molecule has 2 amide bonds. The molecule has 1 aromatic carbocycles. The van der Waals surface area contributed by atoms with Gasteiger partial charge in [-0.3, -0.25) is 5.10 Å². The summed E-state index contributed by atoms with van der Waals surface area (Å²) in [6, 6.07) is 5.11. The van der Waals surface area contributed by atoms with Crippen LogP contribution in [0.2, 0.25) is 0 Å². The van der Waals surface area contributed by atoms with Gasteiger partial charge in [0.15, 0.2) is 0 Å². The van der Waals surface area contributed by atoms with Gasteiger partial charge < -0.3 is 15.4 Å². The van der Waals surface area contributed by atoms with Crippen LogP contribution in [0.1, 0.15) is 18.3 Å². The summed E-state index contributed by atoms with van der Waals surface area (Å²) in [5, 5.41) is 12.3. The number of ether oxygens (including phenoxy) is 1. The minimum Gasteiger partial charge on any atom is -0.479 e. The third-order valence-electron chi connectivity index (χ3n) is 3.15. The number of aromatic amines is 1. The van der Waals surface area contributed by atoms with Gasteiger partial charge in [-0.05, 0) is 32.0 Å². The summed E-state index contributed by atoms with van der Waals surface area (Å²) in [6.45, 7) is 3.78. The number of terminal acetylenes is 1. The number of nitrogens with one attached hydrogen (secondary N) is 3. The molecule has 24 heavy (non-hydrogen) atoms. The quantitative estimate of drug-likeness (QED) is 0.712. The van der Waals surface area contributed by atoms with Gasteiger partial charge >= 0.3 is 6.03 Å². The van der Waals surface area contributed by atoms with Gasteiger partial charge in [0.05, 0.1) is 11.4 Å². The maximum Gasteiger partial charge on any atom is 0.319 e. The highest BCUT2D eigenvalue weighted by Gasteiger charge is 2.13. The molecule has 126 valence electrons. The van der Waals surface area contributed by atoms with Crippen LogP contribution < -0.4 is 15.4 Å². The minimum atomic E-state index is -0.488. The van der Waals surface area contributed by atoms with E-state index in [1.54, 1.807) is 0 Å². The lowest BCUT2D eigenvalue weighted by molar-refractivity contribution is 0.249. The van der Waals surface area contributed by atoms with Crippen LogP contribution in [0.5, 0.6) is 5.75 Å². The first-order valence-corrected chi connectivity index (χ1v) is 7.42. The van der Waals surface area contributed by atoms with Crippen molar-refractivity contribution in [2.45, 2.75) is 26.3 Å². The molecule has 1 heterocycles. The van der Waals surface area contributed by atoms with Gasteiger partial charge in [0, 0.05) is 24.2 Å². The van der Waals surface area contributed by atoms with E-state index in [4.69, 9.17) is 11.2 Å². The standard InChI is InChI=1S/C17H19FN4O2/c1-4-7-24-16-6-5-13(18)10-15(16)20-17(23)19-11(2)8-14-9-12(3)21-22-14/h1,5-6,9-11H,7-8H2,2-3H3,(H,21,22)(H2,19,20,23)/t11-/m0/s1. The lowest BCUT2D eigenvalue weighted by atomic mass is 10.2. The summed E-state index contributed by atoms with van der Waals surface area (Å²) in [4.78, 5) is 12.1. The molecular formula is C17H19FN4O2. The maximum atomic E-state index is 13.4. The number of benzene rings is 1. The Morgan fingerprint density at radius 1 is 1.50 bits per heavy atom. The lowest BCUT2D eigenvalue weighted by Crippen LogP contribution is -2.37. The van der Waals surface area contributed by atoms with Crippen LogP contribution in [0.25, 0.3) is 0 Å². The predicted octanol–water partition coefficient (Wildman–Crippen LogP) is 2.62. The molecular weight excluding hydrogens is 311 g/mol. The van der Waals surface area contributed by atoms with Gasteiger partial charge in [-0.25, -0.2) is 9.18 Å². The number of aryl methyl sites for hydroxylation is 1. The first-order chi connectivity index (χ1) is 11.5. The summed E-state index contributed by atoms with van der Waals surface area (Å²) in [6.07, 6.45) is 5.71. The number of carbonyl (C=O) groups excluding carboxylic acids is 1. The van der Waals surface area contributed by atoms with Crippen molar-refractivity contribution >= 4 is 11.7 Å². The molecule has 0 fully saturated rings. The van der Waals surface area contributed by atoms with E-state index >= 15 is 0 Å². The second-order valence-electron chi connectivity index (χ2n) is 5.38. The monoisotopic (exact) mass is 330 g/mol. The maximum absolute atomic E-state index is 13.4. The van der Waals surface area contributed by atoms with Gasteiger partial charge in [0.2, 0.25) is 0 Å². The third-order valence-corrected chi connectivity index (χ3v) is 3.15. The predicted molar refractivity (Wildman–Crippen MR) is 89.4 cm³/mol. The molecule has 0 aliphatic heterocycles. The number of nitrogens with zero attached hydrogens (tertiary/aromatic N) is 1. The second-order valence-corrected chi connectivity index (χ2v) is 5.38. The van der Waals surface area contributed by atoms with Crippen molar-refractivity contribution in [1.82, 2.24) is 15.5 Å². The number of hydrogen-bond acceptors (Lipinski definition) is 3. The van der Waals surface area contributed by atoms with Crippen molar-refractivity contribution in [2.75, 3.05) is 11.9 Å². The number of hydrogen-bond donors (Lipinski definition) is 3. The highest BCUT2D eigenvalue weighted by molar-refractivity contribution is 5.91. The Bertz CT molecular complexity index is 751. The van der Waals surface area contributed by atoms with Crippen LogP contribution in [0.15, 0.2) is 24.3 Å². The Morgan fingerprint density at radius 3 is 2.96 bits per heavy atom. The van der Waals surface area contributed by atoms with E-state index < -0.39 is 11.8 Å². The molecule has 1 aromatic heterocycles. The van der Waals surface area contributed by atoms with Gasteiger partial charge in [-0.15, -0.1) is 6.42 Å². The molecule has 0 spiro atoms. The van der Waals surface area contributed by atoms with E-state index in [1.165, 1.54) is 18.2 Å². The largest absolute Gasteiger partial charge is 0.479 e. The van der Waals surface area contributed by atoms with E-state index in [2.05, 4.69) is 26.8 Å². The molecule has 0 radical (unpaired) electrons. The first kappa shape index (κ1) is 17.3. The number of amides is 2. The second kappa shape index (κ2) is 8.02. The zero-order valence-electron chi connectivity index (χ0n) is 13.5. The van der Waals surface area contributed by atoms with E-state index in [-0.39, 0.29) is 18.3 Å². The Hall–Kier alpha value is -3.01. The molecule has 0 bridgehead atoms. The topological polar surface area (TPSA) is 79.0 Å². The summed E-state index contributed by atoms with van der Waals surface area (Å²) >= 11 is 0. The molecule has 6 nitrogen and oxygen atoms in total. The number of urea groups is 1. The molecule has 1 atom stereocenters. The van der Waals surface area contributed by atoms with E-state index in [0.717, 1.165) is 11.4 Å². The molecule has 2 rings (SSSR count). The van der Waals surface area contributed by atoms with Crippen molar-refractivity contribution in [2.24, 2.45) is 0 Å². The number of aromatic nitrogens is 2. The average Bonchev–Trinajstić information content (AvgIpc) is 2.91. The van der Waals surface area contributed by atoms with Crippen molar-refractivity contribution in [3.8, 4) is 18.1 Å². The molecule has 0 aliphatic carbocycles. The molecule has 3 N–H and O–H groups in total. The Morgan fingerprint density at radius 2 is 2.29 bits per heavy atom.